The van der Waals surface area contributed by atoms with Crippen LogP contribution in [0.4, 0.5) is 0 Å². The molecule has 1 aromatic carbocycles. The molecule has 0 bridgehead atoms. The van der Waals surface area contributed by atoms with Gasteiger partial charge in [-0.3, -0.25) is 14.2 Å². The molecule has 3 rings (SSSR count). The molecule has 0 radical (unpaired) electrons. The van der Waals surface area contributed by atoms with Crippen LogP contribution in [0.5, 0.6) is 0 Å². The van der Waals surface area contributed by atoms with E-state index in [1.54, 1.807) is 7.05 Å². The summed E-state index contributed by atoms with van der Waals surface area (Å²) in [5, 5.41) is 2.84. The molecule has 30 heavy (non-hydrogen) atoms. The van der Waals surface area contributed by atoms with Crippen molar-refractivity contribution in [2.45, 2.75) is 20.3 Å². The Hall–Kier alpha value is -3.61. The molecule has 7 nitrogen and oxygen atoms in total. The lowest BCUT2D eigenvalue weighted by molar-refractivity contribution is -0.116. The monoisotopic (exact) mass is 406 g/mol. The minimum Gasteiger partial charge on any atom is -0.352 e. The van der Waals surface area contributed by atoms with Gasteiger partial charge in [-0.05, 0) is 50.1 Å². The van der Waals surface area contributed by atoms with Gasteiger partial charge >= 0.3 is 5.69 Å². The van der Waals surface area contributed by atoms with Crippen LogP contribution in [0.15, 0.2) is 58.3 Å². The molecule has 0 spiro atoms. The van der Waals surface area contributed by atoms with E-state index in [4.69, 9.17) is 0 Å². The van der Waals surface area contributed by atoms with Crippen LogP contribution in [0.3, 0.4) is 0 Å². The van der Waals surface area contributed by atoms with E-state index in [1.165, 1.54) is 35.5 Å². The molecule has 0 fully saturated rings. The first-order chi connectivity index (χ1) is 14.3. The van der Waals surface area contributed by atoms with E-state index in [0.29, 0.717) is 13.0 Å². The summed E-state index contributed by atoms with van der Waals surface area (Å²) in [6.07, 6.45) is 4.87. The molecule has 0 aliphatic rings. The van der Waals surface area contributed by atoms with Gasteiger partial charge < -0.3 is 14.5 Å². The highest BCUT2D eigenvalue weighted by Crippen LogP contribution is 2.20. The smallest absolute Gasteiger partial charge is 0.330 e. The largest absolute Gasteiger partial charge is 0.352 e. The van der Waals surface area contributed by atoms with Crippen LogP contribution in [-0.2, 0) is 25.3 Å². The average Bonchev–Trinajstić information content (AvgIpc) is 3.02. The van der Waals surface area contributed by atoms with Crippen molar-refractivity contribution < 1.29 is 4.79 Å². The Morgan fingerprint density at radius 3 is 2.50 bits per heavy atom. The Labute approximate surface area is 174 Å². The van der Waals surface area contributed by atoms with Gasteiger partial charge in [-0.15, -0.1) is 0 Å². The molecule has 0 atom stereocenters. The van der Waals surface area contributed by atoms with Crippen LogP contribution in [0.25, 0.3) is 11.8 Å². The zero-order valence-electron chi connectivity index (χ0n) is 17.7. The van der Waals surface area contributed by atoms with E-state index in [-0.39, 0.29) is 11.5 Å². The molecule has 156 valence electrons. The summed E-state index contributed by atoms with van der Waals surface area (Å²) in [5.74, 6) is -0.289. The molecule has 0 saturated carbocycles. The number of hydrogen-bond donors (Lipinski definition) is 1. The van der Waals surface area contributed by atoms with Crippen LogP contribution in [0, 0.1) is 13.8 Å². The molecule has 1 amide bonds. The highest BCUT2D eigenvalue weighted by Gasteiger charge is 2.10. The predicted octanol–water partition coefficient (Wildman–Crippen LogP) is 1.86. The number of aryl methyl sites for hydroxylation is 2. The van der Waals surface area contributed by atoms with Crippen molar-refractivity contribution in [1.82, 2.24) is 19.0 Å². The first kappa shape index (κ1) is 21.1. The molecular weight excluding hydrogens is 380 g/mol. The van der Waals surface area contributed by atoms with Crippen molar-refractivity contribution >= 4 is 12.0 Å². The van der Waals surface area contributed by atoms with Crippen LogP contribution in [-0.4, -0.2) is 26.2 Å². The van der Waals surface area contributed by atoms with Gasteiger partial charge in [0.25, 0.3) is 5.56 Å². The second kappa shape index (κ2) is 8.82. The number of nitrogens with zero attached hydrogens (tertiary/aromatic N) is 3. The molecule has 0 aliphatic heterocycles. The number of para-hydroxylation sites is 1. The average molecular weight is 406 g/mol. The molecule has 2 heterocycles. The number of rotatable bonds is 6. The fraction of sp³-hybridized carbons (Fsp3) is 0.261. The van der Waals surface area contributed by atoms with E-state index >= 15 is 0 Å². The fourth-order valence-electron chi connectivity index (χ4n) is 3.55. The Balaban J connectivity index is 1.64. The minimum absolute atomic E-state index is 0.279. The third-order valence-electron chi connectivity index (χ3n) is 5.13. The Kier molecular flexibility index (Phi) is 6.20. The Morgan fingerprint density at radius 2 is 1.80 bits per heavy atom. The molecule has 0 saturated heterocycles. The van der Waals surface area contributed by atoms with Crippen LogP contribution < -0.4 is 16.6 Å². The van der Waals surface area contributed by atoms with Gasteiger partial charge in [0, 0.05) is 50.0 Å². The van der Waals surface area contributed by atoms with E-state index in [0.717, 1.165) is 21.6 Å². The van der Waals surface area contributed by atoms with Gasteiger partial charge in [-0.25, -0.2) is 4.79 Å². The summed E-state index contributed by atoms with van der Waals surface area (Å²) in [4.78, 5) is 36.0. The SMILES string of the molecule is Cc1cc(CCNC(=O)/C=C/c2cn(C)c(=O)n(C)c2=O)c(C)n1-c1ccccc1. The van der Waals surface area contributed by atoms with Crippen molar-refractivity contribution in [2.75, 3.05) is 6.54 Å². The van der Waals surface area contributed by atoms with Crippen LogP contribution in [0.2, 0.25) is 0 Å². The Bertz CT molecular complexity index is 1210. The highest BCUT2D eigenvalue weighted by atomic mass is 16.2. The van der Waals surface area contributed by atoms with Gasteiger partial charge in [0.2, 0.25) is 5.91 Å². The first-order valence-electron chi connectivity index (χ1n) is 9.75. The molecule has 0 unspecified atom stereocenters. The minimum atomic E-state index is -0.435. The molecule has 3 aromatic rings. The lowest BCUT2D eigenvalue weighted by Gasteiger charge is -2.10. The normalized spacial score (nSPS) is 11.2. The maximum absolute atomic E-state index is 12.2. The molecule has 2 aromatic heterocycles. The molecular formula is C23H26N4O3. The third kappa shape index (κ3) is 4.35. The summed E-state index contributed by atoms with van der Waals surface area (Å²) in [5.41, 5.74) is 4.02. The third-order valence-corrected chi connectivity index (χ3v) is 5.13. The van der Waals surface area contributed by atoms with E-state index in [2.05, 4.69) is 41.9 Å². The van der Waals surface area contributed by atoms with Crippen molar-refractivity contribution in [3.05, 3.63) is 92.0 Å². The van der Waals surface area contributed by atoms with Crippen LogP contribution in [0.1, 0.15) is 22.5 Å². The van der Waals surface area contributed by atoms with Gasteiger partial charge in [-0.2, -0.15) is 0 Å². The van der Waals surface area contributed by atoms with Gasteiger partial charge in [0.05, 0.1) is 5.56 Å². The number of hydrogen-bond acceptors (Lipinski definition) is 3. The highest BCUT2D eigenvalue weighted by molar-refractivity contribution is 5.91. The van der Waals surface area contributed by atoms with E-state index in [1.807, 2.05) is 18.2 Å². The lowest BCUT2D eigenvalue weighted by atomic mass is 10.2. The summed E-state index contributed by atoms with van der Waals surface area (Å²) >= 11 is 0. The fourth-order valence-corrected chi connectivity index (χ4v) is 3.55. The number of carbonyl (C=O) groups is 1. The molecule has 7 heteroatoms. The maximum Gasteiger partial charge on any atom is 0.330 e. The van der Waals surface area contributed by atoms with E-state index < -0.39 is 11.2 Å². The number of amides is 1. The topological polar surface area (TPSA) is 78.0 Å². The number of carbonyl (C=O) groups excluding carboxylic acids is 1. The summed E-state index contributed by atoms with van der Waals surface area (Å²) in [7, 11) is 2.97. The standard InChI is InChI=1S/C23H26N4O3/c1-16-14-18(17(2)27(16)20-8-6-5-7-9-20)12-13-24-21(28)11-10-19-15-25(3)23(30)26(4)22(19)29/h5-11,14-15H,12-13H2,1-4H3,(H,24,28)/b11-10+. The molecule has 1 N–H and O–H groups in total. The predicted molar refractivity (Wildman–Crippen MR) is 118 cm³/mol. The van der Waals surface area contributed by atoms with Crippen molar-refractivity contribution in [3.63, 3.8) is 0 Å². The number of nitrogens with one attached hydrogen (secondary N) is 1. The quantitative estimate of drug-likeness (QED) is 0.635. The zero-order valence-corrected chi connectivity index (χ0v) is 17.7. The molecule has 0 aliphatic carbocycles. The lowest BCUT2D eigenvalue weighted by Crippen LogP contribution is -2.37. The number of aromatic nitrogens is 3. The Morgan fingerprint density at radius 1 is 1.10 bits per heavy atom. The first-order valence-corrected chi connectivity index (χ1v) is 9.75. The van der Waals surface area contributed by atoms with Crippen molar-refractivity contribution in [2.24, 2.45) is 14.1 Å². The van der Waals surface area contributed by atoms with E-state index in [9.17, 15) is 14.4 Å². The van der Waals surface area contributed by atoms with Gasteiger partial charge in [-0.1, -0.05) is 18.2 Å². The van der Waals surface area contributed by atoms with Gasteiger partial charge in [0.1, 0.15) is 0 Å². The maximum atomic E-state index is 12.2. The van der Waals surface area contributed by atoms with Gasteiger partial charge in [0.15, 0.2) is 0 Å². The van der Waals surface area contributed by atoms with Crippen LogP contribution >= 0.6 is 0 Å². The summed E-state index contributed by atoms with van der Waals surface area (Å²) < 4.78 is 4.52. The van der Waals surface area contributed by atoms with Crippen molar-refractivity contribution in [1.29, 1.82) is 0 Å². The second-order valence-electron chi connectivity index (χ2n) is 7.28. The zero-order chi connectivity index (χ0) is 21.8. The number of benzene rings is 1. The summed E-state index contributed by atoms with van der Waals surface area (Å²) in [6, 6.07) is 12.3. The van der Waals surface area contributed by atoms with Crippen molar-refractivity contribution in [3.8, 4) is 5.69 Å². The second-order valence-corrected chi connectivity index (χ2v) is 7.28. The summed E-state index contributed by atoms with van der Waals surface area (Å²) in [6.45, 7) is 4.62.